The van der Waals surface area contributed by atoms with Crippen molar-refractivity contribution in [3.8, 4) is 0 Å². The molecule has 0 saturated heterocycles. The van der Waals surface area contributed by atoms with Crippen LogP contribution in [0, 0.1) is 0 Å². The van der Waals surface area contributed by atoms with Gasteiger partial charge in [-0.15, -0.1) is 0 Å². The summed E-state index contributed by atoms with van der Waals surface area (Å²) in [6.07, 6.45) is 3.95. The Morgan fingerprint density at radius 3 is 1.88 bits per heavy atom. The molecule has 2 N–H and O–H groups in total. The van der Waals surface area contributed by atoms with E-state index < -0.39 is 0 Å². The van der Waals surface area contributed by atoms with E-state index in [2.05, 4.69) is 12.3 Å². The quantitative estimate of drug-likeness (QED) is 0.515. The first kappa shape index (κ1) is 10.4. The molecule has 0 heterocycles. The molecule has 1 heteroatoms. The van der Waals surface area contributed by atoms with Gasteiger partial charge in [-0.05, 0) is 20.9 Å². The topological polar surface area (TPSA) is 26.0 Å². The lowest BCUT2D eigenvalue weighted by Gasteiger charge is -1.75. The van der Waals surface area contributed by atoms with Gasteiger partial charge in [0.1, 0.15) is 0 Å². The van der Waals surface area contributed by atoms with Crippen LogP contribution in [0.4, 0.5) is 0 Å². The number of rotatable bonds is 1. The summed E-state index contributed by atoms with van der Waals surface area (Å²) >= 11 is 0. The van der Waals surface area contributed by atoms with Gasteiger partial charge in [0.05, 0.1) is 0 Å². The third kappa shape index (κ3) is 18.0. The van der Waals surface area contributed by atoms with Gasteiger partial charge in [0.25, 0.3) is 0 Å². The van der Waals surface area contributed by atoms with Gasteiger partial charge in [-0.3, -0.25) is 0 Å². The zero-order chi connectivity index (χ0) is 6.99. The van der Waals surface area contributed by atoms with Crippen LogP contribution in [-0.2, 0) is 0 Å². The number of hydrogen-bond acceptors (Lipinski definition) is 1. The van der Waals surface area contributed by atoms with E-state index in [0.29, 0.717) is 0 Å². The molecule has 0 atom stereocenters. The van der Waals surface area contributed by atoms with Crippen molar-refractivity contribution in [2.24, 2.45) is 5.73 Å². The smallest absolute Gasteiger partial charge is 0.0195 e. The van der Waals surface area contributed by atoms with Crippen molar-refractivity contribution in [1.29, 1.82) is 0 Å². The summed E-state index contributed by atoms with van der Waals surface area (Å²) < 4.78 is 0. The molecule has 0 bridgehead atoms. The van der Waals surface area contributed by atoms with E-state index in [1.807, 2.05) is 26.0 Å². The van der Waals surface area contributed by atoms with E-state index in [0.717, 1.165) is 5.57 Å². The van der Waals surface area contributed by atoms with Gasteiger partial charge in [-0.2, -0.15) is 0 Å². The van der Waals surface area contributed by atoms with Crippen molar-refractivity contribution in [1.82, 2.24) is 0 Å². The van der Waals surface area contributed by atoms with Gasteiger partial charge >= 0.3 is 0 Å². The molecule has 0 amide bonds. The molecule has 0 spiro atoms. The second-order valence-electron chi connectivity index (χ2n) is 1.35. The molecule has 0 saturated carbocycles. The van der Waals surface area contributed by atoms with Gasteiger partial charge in [0.15, 0.2) is 0 Å². The second kappa shape index (κ2) is 9.67. The molecule has 0 unspecified atom stereocenters. The predicted octanol–water partition coefficient (Wildman–Crippen LogP) is 1.71. The molecule has 0 aliphatic heterocycles. The minimum Gasteiger partial charge on any atom is -0.333 e. The number of nitrogens with two attached hydrogens (primary N) is 1. The Hall–Kier alpha value is -0.560. The van der Waals surface area contributed by atoms with Gasteiger partial charge in [0, 0.05) is 0 Å². The van der Waals surface area contributed by atoms with Crippen LogP contribution >= 0.6 is 0 Å². The SMILES string of the molecule is C=C(C)/C=C\C.CN. The minimum absolute atomic E-state index is 1.11. The molecule has 0 aliphatic rings. The molecule has 0 fully saturated rings. The Kier molecular flexibility index (Phi) is 12.6. The maximum atomic E-state index is 4.50. The van der Waals surface area contributed by atoms with Crippen molar-refractivity contribution >= 4 is 0 Å². The van der Waals surface area contributed by atoms with Crippen LogP contribution in [0.5, 0.6) is 0 Å². The van der Waals surface area contributed by atoms with Crippen LogP contribution in [-0.4, -0.2) is 7.05 Å². The molecule has 0 rings (SSSR count). The fourth-order valence-electron chi connectivity index (χ4n) is 0.285. The third-order valence-electron chi connectivity index (χ3n) is 0.451. The normalized spacial score (nSPS) is 8.00. The molecular weight excluding hydrogens is 98.1 g/mol. The molecule has 48 valence electrons. The monoisotopic (exact) mass is 113 g/mol. The summed E-state index contributed by atoms with van der Waals surface area (Å²) in [7, 11) is 1.50. The largest absolute Gasteiger partial charge is 0.333 e. The molecule has 1 nitrogen and oxygen atoms in total. The molecular formula is C7H15N. The van der Waals surface area contributed by atoms with E-state index in [1.54, 1.807) is 0 Å². The Balaban J connectivity index is 0. The Morgan fingerprint density at radius 1 is 1.50 bits per heavy atom. The summed E-state index contributed by atoms with van der Waals surface area (Å²) in [6, 6.07) is 0. The lowest BCUT2D eigenvalue weighted by atomic mass is 10.3. The molecule has 0 radical (unpaired) electrons. The zero-order valence-electron chi connectivity index (χ0n) is 5.94. The lowest BCUT2D eigenvalue weighted by molar-refractivity contribution is 1.48. The van der Waals surface area contributed by atoms with E-state index in [9.17, 15) is 0 Å². The predicted molar refractivity (Wildman–Crippen MR) is 39.7 cm³/mol. The summed E-state index contributed by atoms with van der Waals surface area (Å²) in [5.74, 6) is 0. The first-order chi connectivity index (χ1) is 3.77. The molecule has 0 aliphatic carbocycles. The van der Waals surface area contributed by atoms with Crippen LogP contribution in [0.25, 0.3) is 0 Å². The highest BCUT2D eigenvalue weighted by atomic mass is 14.4. The van der Waals surface area contributed by atoms with Crippen LogP contribution in [0.15, 0.2) is 24.3 Å². The van der Waals surface area contributed by atoms with Gasteiger partial charge < -0.3 is 5.73 Å². The Labute approximate surface area is 51.9 Å². The van der Waals surface area contributed by atoms with E-state index in [1.165, 1.54) is 7.05 Å². The fourth-order valence-corrected chi connectivity index (χ4v) is 0.285. The number of hydrogen-bond donors (Lipinski definition) is 1. The highest BCUT2D eigenvalue weighted by Crippen LogP contribution is 1.85. The van der Waals surface area contributed by atoms with Crippen molar-refractivity contribution in [2.75, 3.05) is 7.05 Å². The summed E-state index contributed by atoms with van der Waals surface area (Å²) in [4.78, 5) is 0. The molecule has 0 aromatic heterocycles. The fraction of sp³-hybridized carbons (Fsp3) is 0.429. The van der Waals surface area contributed by atoms with E-state index >= 15 is 0 Å². The Bertz CT molecular complexity index is 72.5. The van der Waals surface area contributed by atoms with Gasteiger partial charge in [-0.25, -0.2) is 0 Å². The van der Waals surface area contributed by atoms with Gasteiger partial charge in [0.2, 0.25) is 0 Å². The van der Waals surface area contributed by atoms with E-state index in [4.69, 9.17) is 0 Å². The summed E-state index contributed by atoms with van der Waals surface area (Å²) in [5, 5.41) is 0. The van der Waals surface area contributed by atoms with Crippen molar-refractivity contribution < 1.29 is 0 Å². The summed E-state index contributed by atoms with van der Waals surface area (Å²) in [6.45, 7) is 7.61. The van der Waals surface area contributed by atoms with E-state index in [-0.39, 0.29) is 0 Å². The van der Waals surface area contributed by atoms with Crippen LogP contribution in [0.2, 0.25) is 0 Å². The standard InChI is InChI=1S/C6H10.CH5N/c1-4-5-6(2)3;1-2/h4-5H,2H2,1,3H3;2H2,1H3/b5-4-;. The number of allylic oxidation sites excluding steroid dienone is 3. The van der Waals surface area contributed by atoms with Crippen LogP contribution < -0.4 is 5.73 Å². The molecule has 0 aromatic rings. The maximum Gasteiger partial charge on any atom is -0.0195 e. The summed E-state index contributed by atoms with van der Waals surface area (Å²) in [5.41, 5.74) is 5.61. The van der Waals surface area contributed by atoms with Crippen LogP contribution in [0.1, 0.15) is 13.8 Å². The van der Waals surface area contributed by atoms with Crippen molar-refractivity contribution in [3.05, 3.63) is 24.3 Å². The molecule has 8 heavy (non-hydrogen) atoms. The first-order valence-electron chi connectivity index (χ1n) is 2.63. The van der Waals surface area contributed by atoms with Crippen LogP contribution in [0.3, 0.4) is 0 Å². The second-order valence-corrected chi connectivity index (χ2v) is 1.35. The minimum atomic E-state index is 1.11. The van der Waals surface area contributed by atoms with Gasteiger partial charge in [-0.1, -0.05) is 24.3 Å². The lowest BCUT2D eigenvalue weighted by Crippen LogP contribution is -1.69. The highest BCUT2D eigenvalue weighted by molar-refractivity contribution is 5.09. The average molecular weight is 113 g/mol. The first-order valence-corrected chi connectivity index (χ1v) is 2.63. The highest BCUT2D eigenvalue weighted by Gasteiger charge is 1.63. The van der Waals surface area contributed by atoms with Crippen molar-refractivity contribution in [3.63, 3.8) is 0 Å². The maximum absolute atomic E-state index is 4.50. The molecule has 0 aromatic carbocycles. The average Bonchev–Trinajstić information content (AvgIpc) is 1.72. The van der Waals surface area contributed by atoms with Crippen molar-refractivity contribution in [2.45, 2.75) is 13.8 Å². The third-order valence-corrected chi connectivity index (χ3v) is 0.451. The zero-order valence-corrected chi connectivity index (χ0v) is 5.94. The Morgan fingerprint density at radius 2 is 1.88 bits per heavy atom.